The second-order valence-electron chi connectivity index (χ2n) is 9.60. The van der Waals surface area contributed by atoms with E-state index in [0.717, 1.165) is 36.8 Å². The number of carbonyl (C=O) groups excluding carboxylic acids is 2. The molecule has 174 valence electrons. The molecule has 2 amide bonds. The number of hydrogen-bond acceptors (Lipinski definition) is 3. The first-order valence-corrected chi connectivity index (χ1v) is 12.3. The number of fused-ring (bicyclic) bond motifs is 3. The molecule has 0 radical (unpaired) electrons. The first kappa shape index (κ1) is 22.1. The SMILES string of the molecule is Cc1c(Cl)cccc1N1C(=O)c2cc3occc3n2C[C@@]1(C)C(=O)NC1CCCCCCC1. The summed E-state index contributed by atoms with van der Waals surface area (Å²) in [5, 5.41) is 3.88. The molecule has 5 rings (SSSR count). The van der Waals surface area contributed by atoms with Crippen LogP contribution in [0, 0.1) is 6.92 Å². The third kappa shape index (κ3) is 3.74. The highest BCUT2D eigenvalue weighted by Crippen LogP contribution is 2.39. The van der Waals surface area contributed by atoms with Crippen molar-refractivity contribution in [2.24, 2.45) is 0 Å². The summed E-state index contributed by atoms with van der Waals surface area (Å²) in [7, 11) is 0. The number of halogens is 1. The molecule has 1 saturated carbocycles. The summed E-state index contributed by atoms with van der Waals surface area (Å²) in [5.41, 5.74) is 2.30. The van der Waals surface area contributed by atoms with Gasteiger partial charge in [0.2, 0.25) is 5.91 Å². The lowest BCUT2D eigenvalue weighted by molar-refractivity contribution is -0.127. The Bertz CT molecular complexity index is 1200. The Kier molecular flexibility index (Phi) is 5.73. The number of anilines is 1. The Morgan fingerprint density at radius 2 is 1.88 bits per heavy atom. The minimum atomic E-state index is -1.12. The highest BCUT2D eigenvalue weighted by Gasteiger charge is 2.49. The van der Waals surface area contributed by atoms with Gasteiger partial charge in [-0.15, -0.1) is 0 Å². The van der Waals surface area contributed by atoms with Crippen molar-refractivity contribution in [2.45, 2.75) is 76.9 Å². The summed E-state index contributed by atoms with van der Waals surface area (Å²) in [4.78, 5) is 29.5. The van der Waals surface area contributed by atoms with Crippen molar-refractivity contribution >= 4 is 40.2 Å². The maximum absolute atomic E-state index is 13.9. The topological polar surface area (TPSA) is 67.5 Å². The molecular weight excluding hydrogens is 438 g/mol. The quantitative estimate of drug-likeness (QED) is 0.525. The van der Waals surface area contributed by atoms with Crippen LogP contribution in [0.25, 0.3) is 11.1 Å². The van der Waals surface area contributed by atoms with Crippen LogP contribution in [0.5, 0.6) is 0 Å². The van der Waals surface area contributed by atoms with E-state index in [1.165, 1.54) is 19.3 Å². The van der Waals surface area contributed by atoms with E-state index in [2.05, 4.69) is 5.32 Å². The molecule has 3 aromatic rings. The molecule has 1 N–H and O–H groups in total. The second kappa shape index (κ2) is 8.56. The number of nitrogens with zero attached hydrogens (tertiary/aromatic N) is 2. The number of aromatic nitrogens is 1. The van der Waals surface area contributed by atoms with E-state index in [1.807, 2.05) is 36.6 Å². The van der Waals surface area contributed by atoms with E-state index >= 15 is 0 Å². The monoisotopic (exact) mass is 467 g/mol. The Morgan fingerprint density at radius 3 is 2.64 bits per heavy atom. The minimum Gasteiger partial charge on any atom is -0.463 e. The zero-order valence-electron chi connectivity index (χ0n) is 19.2. The maximum Gasteiger partial charge on any atom is 0.276 e. The fourth-order valence-corrected chi connectivity index (χ4v) is 5.54. The van der Waals surface area contributed by atoms with Gasteiger partial charge >= 0.3 is 0 Å². The molecule has 3 heterocycles. The van der Waals surface area contributed by atoms with E-state index in [4.69, 9.17) is 16.0 Å². The van der Waals surface area contributed by atoms with Crippen molar-refractivity contribution in [2.75, 3.05) is 4.90 Å². The zero-order valence-corrected chi connectivity index (χ0v) is 20.0. The summed E-state index contributed by atoms with van der Waals surface area (Å²) in [5.74, 6) is -0.356. The van der Waals surface area contributed by atoms with Gasteiger partial charge in [-0.25, -0.2) is 0 Å². The standard InChI is InChI=1S/C26H30ClN3O3/c1-17-19(27)11-8-12-20(17)30-24(31)22-15-23-21(13-14-33-23)29(22)16-26(30,2)25(32)28-18-9-6-4-3-5-7-10-18/h8,11-15,18H,3-7,9-10,16H2,1-2H3,(H,28,32)/t26-/m0/s1. The zero-order chi connectivity index (χ0) is 23.2. The van der Waals surface area contributed by atoms with E-state index in [-0.39, 0.29) is 17.9 Å². The van der Waals surface area contributed by atoms with Crippen LogP contribution in [0.4, 0.5) is 5.69 Å². The van der Waals surface area contributed by atoms with Crippen molar-refractivity contribution in [1.29, 1.82) is 0 Å². The van der Waals surface area contributed by atoms with Gasteiger partial charge in [0.1, 0.15) is 11.2 Å². The fraction of sp³-hybridized carbons (Fsp3) is 0.462. The van der Waals surface area contributed by atoms with Gasteiger partial charge in [0.05, 0.1) is 18.3 Å². The molecule has 6 nitrogen and oxygen atoms in total. The Morgan fingerprint density at radius 1 is 1.15 bits per heavy atom. The molecule has 1 aliphatic heterocycles. The van der Waals surface area contributed by atoms with Gasteiger partial charge in [-0.05, 0) is 44.4 Å². The Balaban J connectivity index is 1.58. The number of rotatable bonds is 3. The predicted octanol–water partition coefficient (Wildman–Crippen LogP) is 5.84. The molecule has 2 aromatic heterocycles. The summed E-state index contributed by atoms with van der Waals surface area (Å²) in [6, 6.07) is 9.23. The van der Waals surface area contributed by atoms with Crippen LogP contribution in [-0.2, 0) is 11.3 Å². The summed E-state index contributed by atoms with van der Waals surface area (Å²) in [6.45, 7) is 4.08. The van der Waals surface area contributed by atoms with Crippen molar-refractivity contribution < 1.29 is 14.0 Å². The molecule has 0 spiro atoms. The normalized spacial score (nSPS) is 22.2. The number of hydrogen-bond donors (Lipinski definition) is 1. The molecule has 33 heavy (non-hydrogen) atoms. The van der Waals surface area contributed by atoms with Crippen LogP contribution in [0.2, 0.25) is 5.02 Å². The number of benzene rings is 1. The number of nitrogens with one attached hydrogen (secondary N) is 1. The average molecular weight is 468 g/mol. The molecule has 0 saturated heterocycles. The van der Waals surface area contributed by atoms with Crippen LogP contribution in [-0.4, -0.2) is 28.0 Å². The first-order valence-electron chi connectivity index (χ1n) is 11.9. The molecule has 1 fully saturated rings. The Hall–Kier alpha value is -2.73. The van der Waals surface area contributed by atoms with E-state index in [0.29, 0.717) is 28.5 Å². The predicted molar refractivity (Wildman–Crippen MR) is 130 cm³/mol. The van der Waals surface area contributed by atoms with Crippen LogP contribution in [0.15, 0.2) is 41.0 Å². The van der Waals surface area contributed by atoms with Crippen LogP contribution in [0.1, 0.15) is 67.9 Å². The molecule has 0 unspecified atom stereocenters. The summed E-state index contributed by atoms with van der Waals surface area (Å²) >= 11 is 6.43. The van der Waals surface area contributed by atoms with Gasteiger partial charge in [-0.1, -0.05) is 49.8 Å². The summed E-state index contributed by atoms with van der Waals surface area (Å²) < 4.78 is 7.48. The van der Waals surface area contributed by atoms with E-state index < -0.39 is 5.54 Å². The van der Waals surface area contributed by atoms with Gasteiger partial charge in [-0.3, -0.25) is 14.5 Å². The average Bonchev–Trinajstić information content (AvgIpc) is 3.35. The maximum atomic E-state index is 13.9. The van der Waals surface area contributed by atoms with Gasteiger partial charge < -0.3 is 14.3 Å². The molecule has 1 aliphatic carbocycles. The highest BCUT2D eigenvalue weighted by atomic mass is 35.5. The molecular formula is C26H30ClN3O3. The molecule has 1 atom stereocenters. The fourth-order valence-electron chi connectivity index (χ4n) is 5.37. The molecule has 2 aliphatic rings. The van der Waals surface area contributed by atoms with Gasteiger partial charge in [-0.2, -0.15) is 0 Å². The molecule has 7 heteroatoms. The second-order valence-corrected chi connectivity index (χ2v) is 10.0. The van der Waals surface area contributed by atoms with Gasteiger partial charge in [0.15, 0.2) is 5.58 Å². The van der Waals surface area contributed by atoms with Crippen molar-refractivity contribution in [3.8, 4) is 0 Å². The molecule has 1 aromatic carbocycles. The lowest BCUT2D eigenvalue weighted by Gasteiger charge is -2.45. The third-order valence-corrected chi connectivity index (χ3v) is 7.72. The number of amides is 2. The smallest absolute Gasteiger partial charge is 0.276 e. The van der Waals surface area contributed by atoms with Crippen molar-refractivity contribution in [1.82, 2.24) is 9.88 Å². The lowest BCUT2D eigenvalue weighted by atomic mass is 9.91. The van der Waals surface area contributed by atoms with Crippen molar-refractivity contribution in [3.05, 3.63) is 52.9 Å². The van der Waals surface area contributed by atoms with Gasteiger partial charge in [0.25, 0.3) is 5.91 Å². The first-order chi connectivity index (χ1) is 15.9. The van der Waals surface area contributed by atoms with Crippen LogP contribution < -0.4 is 10.2 Å². The lowest BCUT2D eigenvalue weighted by Crippen LogP contribution is -2.65. The highest BCUT2D eigenvalue weighted by molar-refractivity contribution is 6.32. The number of carbonyl (C=O) groups is 2. The third-order valence-electron chi connectivity index (χ3n) is 7.31. The van der Waals surface area contributed by atoms with Gasteiger partial charge in [0, 0.05) is 28.9 Å². The van der Waals surface area contributed by atoms with Crippen molar-refractivity contribution in [3.63, 3.8) is 0 Å². The minimum absolute atomic E-state index is 0.128. The van der Waals surface area contributed by atoms with Crippen LogP contribution >= 0.6 is 11.6 Å². The summed E-state index contributed by atoms with van der Waals surface area (Å²) in [6.07, 6.45) is 9.50. The van der Waals surface area contributed by atoms with E-state index in [1.54, 1.807) is 23.3 Å². The van der Waals surface area contributed by atoms with Crippen LogP contribution in [0.3, 0.4) is 0 Å². The number of furan rings is 1. The van der Waals surface area contributed by atoms with E-state index in [9.17, 15) is 9.59 Å². The Labute approximate surface area is 198 Å². The molecule has 0 bridgehead atoms. The largest absolute Gasteiger partial charge is 0.463 e.